The maximum atomic E-state index is 6.18. The zero-order valence-corrected chi connectivity index (χ0v) is 8.32. The van der Waals surface area contributed by atoms with Crippen LogP contribution in [0.5, 0.6) is 0 Å². The lowest BCUT2D eigenvalue weighted by Crippen LogP contribution is -2.34. The summed E-state index contributed by atoms with van der Waals surface area (Å²) < 4.78 is 0. The van der Waals surface area contributed by atoms with Gasteiger partial charge in [-0.2, -0.15) is 0 Å². The Balaban J connectivity index is 2.03. The van der Waals surface area contributed by atoms with Crippen LogP contribution in [0.3, 0.4) is 0 Å². The minimum Gasteiger partial charge on any atom is -0.322 e. The van der Waals surface area contributed by atoms with Crippen LogP contribution in [0.25, 0.3) is 0 Å². The minimum absolute atomic E-state index is 0.110. The summed E-state index contributed by atoms with van der Waals surface area (Å²) in [6, 6.07) is 6.06. The van der Waals surface area contributed by atoms with Gasteiger partial charge in [0.1, 0.15) is 0 Å². The number of pyridine rings is 1. The Morgan fingerprint density at radius 3 is 2.79 bits per heavy atom. The SMILES string of the molecule is N[C@@H](c1ccccn1)C1CCNCC1. The first-order valence-corrected chi connectivity index (χ1v) is 5.25. The third-order valence-corrected chi connectivity index (χ3v) is 2.92. The molecule has 3 heteroatoms. The van der Waals surface area contributed by atoms with Crippen molar-refractivity contribution in [2.24, 2.45) is 11.7 Å². The molecule has 0 amide bonds. The number of nitrogens with two attached hydrogens (primary N) is 1. The van der Waals surface area contributed by atoms with Gasteiger partial charge >= 0.3 is 0 Å². The van der Waals surface area contributed by atoms with Gasteiger partial charge in [0.2, 0.25) is 0 Å². The van der Waals surface area contributed by atoms with Crippen LogP contribution in [0, 0.1) is 5.92 Å². The van der Waals surface area contributed by atoms with Crippen molar-refractivity contribution in [2.45, 2.75) is 18.9 Å². The average Bonchev–Trinajstić information content (AvgIpc) is 2.30. The van der Waals surface area contributed by atoms with Crippen molar-refractivity contribution in [3.8, 4) is 0 Å². The van der Waals surface area contributed by atoms with E-state index in [9.17, 15) is 0 Å². The number of aromatic nitrogens is 1. The fourth-order valence-electron chi connectivity index (χ4n) is 2.02. The van der Waals surface area contributed by atoms with Gasteiger partial charge in [-0.05, 0) is 44.0 Å². The van der Waals surface area contributed by atoms with Gasteiger partial charge in [0.25, 0.3) is 0 Å². The molecule has 2 rings (SSSR count). The Morgan fingerprint density at radius 2 is 2.14 bits per heavy atom. The molecule has 1 fully saturated rings. The summed E-state index contributed by atoms with van der Waals surface area (Å²) in [4.78, 5) is 4.31. The topological polar surface area (TPSA) is 50.9 Å². The van der Waals surface area contributed by atoms with Crippen molar-refractivity contribution >= 4 is 0 Å². The van der Waals surface area contributed by atoms with Crippen LogP contribution in [-0.2, 0) is 0 Å². The van der Waals surface area contributed by atoms with Crippen LogP contribution in [0.1, 0.15) is 24.6 Å². The van der Waals surface area contributed by atoms with Gasteiger partial charge in [0, 0.05) is 12.2 Å². The Bertz CT molecular complexity index is 267. The molecule has 3 N–H and O–H groups in total. The summed E-state index contributed by atoms with van der Waals surface area (Å²) >= 11 is 0. The molecule has 1 aromatic heterocycles. The van der Waals surface area contributed by atoms with E-state index in [1.807, 2.05) is 24.4 Å². The quantitative estimate of drug-likeness (QED) is 0.735. The van der Waals surface area contributed by atoms with Crippen molar-refractivity contribution in [1.29, 1.82) is 0 Å². The average molecular weight is 191 g/mol. The fraction of sp³-hybridized carbons (Fsp3) is 0.545. The van der Waals surface area contributed by atoms with Crippen LogP contribution in [0.4, 0.5) is 0 Å². The van der Waals surface area contributed by atoms with Crippen molar-refractivity contribution in [2.75, 3.05) is 13.1 Å². The molecule has 0 saturated carbocycles. The number of nitrogens with zero attached hydrogens (tertiary/aromatic N) is 1. The molecule has 76 valence electrons. The van der Waals surface area contributed by atoms with Gasteiger partial charge in [-0.15, -0.1) is 0 Å². The molecule has 14 heavy (non-hydrogen) atoms. The minimum atomic E-state index is 0.110. The summed E-state index contributed by atoms with van der Waals surface area (Å²) in [6.07, 6.45) is 4.14. The largest absolute Gasteiger partial charge is 0.322 e. The summed E-state index contributed by atoms with van der Waals surface area (Å²) in [6.45, 7) is 2.18. The first kappa shape index (κ1) is 9.62. The molecular formula is C11H17N3. The summed E-state index contributed by atoms with van der Waals surface area (Å²) in [5.74, 6) is 0.589. The number of piperidine rings is 1. The molecule has 1 aromatic rings. The third-order valence-electron chi connectivity index (χ3n) is 2.92. The van der Waals surface area contributed by atoms with Gasteiger partial charge in [0.05, 0.1) is 5.69 Å². The van der Waals surface area contributed by atoms with Crippen molar-refractivity contribution in [3.63, 3.8) is 0 Å². The summed E-state index contributed by atoms with van der Waals surface area (Å²) in [7, 11) is 0. The molecule has 0 aromatic carbocycles. The van der Waals surface area contributed by atoms with Crippen molar-refractivity contribution < 1.29 is 0 Å². The molecular weight excluding hydrogens is 174 g/mol. The Kier molecular flexibility index (Phi) is 3.11. The lowest BCUT2D eigenvalue weighted by molar-refractivity contribution is 0.318. The Labute approximate surface area is 84.7 Å². The van der Waals surface area contributed by atoms with Crippen LogP contribution in [0.15, 0.2) is 24.4 Å². The zero-order valence-electron chi connectivity index (χ0n) is 8.32. The van der Waals surface area contributed by atoms with E-state index in [1.165, 1.54) is 0 Å². The lowest BCUT2D eigenvalue weighted by atomic mass is 9.89. The molecule has 1 saturated heterocycles. The molecule has 1 aliphatic heterocycles. The third kappa shape index (κ3) is 2.11. The van der Waals surface area contributed by atoms with Gasteiger partial charge < -0.3 is 11.1 Å². The first-order chi connectivity index (χ1) is 6.88. The van der Waals surface area contributed by atoms with Crippen LogP contribution in [-0.4, -0.2) is 18.1 Å². The van der Waals surface area contributed by atoms with Crippen LogP contribution in [0.2, 0.25) is 0 Å². The van der Waals surface area contributed by atoms with E-state index in [0.29, 0.717) is 5.92 Å². The number of rotatable bonds is 2. The molecule has 1 aliphatic rings. The predicted molar refractivity (Wildman–Crippen MR) is 56.8 cm³/mol. The Morgan fingerprint density at radius 1 is 1.36 bits per heavy atom. The maximum Gasteiger partial charge on any atom is 0.0573 e. The molecule has 0 spiro atoms. The molecule has 0 radical (unpaired) electrons. The first-order valence-electron chi connectivity index (χ1n) is 5.25. The van der Waals surface area contributed by atoms with E-state index in [-0.39, 0.29) is 6.04 Å². The smallest absolute Gasteiger partial charge is 0.0573 e. The second kappa shape index (κ2) is 4.53. The molecule has 1 atom stereocenters. The van der Waals surface area contributed by atoms with Crippen LogP contribution < -0.4 is 11.1 Å². The number of hydrogen-bond acceptors (Lipinski definition) is 3. The highest BCUT2D eigenvalue weighted by atomic mass is 14.9. The maximum absolute atomic E-state index is 6.18. The second-order valence-electron chi connectivity index (χ2n) is 3.87. The molecule has 2 heterocycles. The number of nitrogens with one attached hydrogen (secondary N) is 1. The van der Waals surface area contributed by atoms with E-state index in [2.05, 4.69) is 10.3 Å². The molecule has 3 nitrogen and oxygen atoms in total. The highest BCUT2D eigenvalue weighted by Gasteiger charge is 2.21. The highest BCUT2D eigenvalue weighted by Crippen LogP contribution is 2.24. The lowest BCUT2D eigenvalue weighted by Gasteiger charge is -2.27. The Hall–Kier alpha value is -0.930. The van der Waals surface area contributed by atoms with Gasteiger partial charge in [-0.25, -0.2) is 0 Å². The van der Waals surface area contributed by atoms with E-state index >= 15 is 0 Å². The van der Waals surface area contributed by atoms with E-state index in [1.54, 1.807) is 0 Å². The van der Waals surface area contributed by atoms with Crippen molar-refractivity contribution in [3.05, 3.63) is 30.1 Å². The molecule has 0 bridgehead atoms. The molecule has 0 aliphatic carbocycles. The van der Waals surface area contributed by atoms with E-state index in [4.69, 9.17) is 5.73 Å². The van der Waals surface area contributed by atoms with Gasteiger partial charge in [-0.3, -0.25) is 4.98 Å². The fourth-order valence-corrected chi connectivity index (χ4v) is 2.02. The highest BCUT2D eigenvalue weighted by molar-refractivity contribution is 5.09. The van der Waals surface area contributed by atoms with Crippen LogP contribution >= 0.6 is 0 Å². The van der Waals surface area contributed by atoms with E-state index in [0.717, 1.165) is 31.6 Å². The second-order valence-corrected chi connectivity index (χ2v) is 3.87. The van der Waals surface area contributed by atoms with Gasteiger partial charge in [0.15, 0.2) is 0 Å². The normalized spacial score (nSPS) is 20.6. The number of hydrogen-bond donors (Lipinski definition) is 2. The standard InChI is InChI=1S/C11H17N3/c12-11(9-4-7-13-8-5-9)10-3-1-2-6-14-10/h1-3,6,9,11,13H,4-5,7-8,12H2/t11-/m1/s1. The van der Waals surface area contributed by atoms with E-state index < -0.39 is 0 Å². The zero-order chi connectivity index (χ0) is 9.80. The predicted octanol–water partition coefficient (Wildman–Crippen LogP) is 1.08. The summed E-state index contributed by atoms with van der Waals surface area (Å²) in [5.41, 5.74) is 7.21. The van der Waals surface area contributed by atoms with Crippen molar-refractivity contribution in [1.82, 2.24) is 10.3 Å². The monoisotopic (exact) mass is 191 g/mol. The molecule has 0 unspecified atom stereocenters. The summed E-state index contributed by atoms with van der Waals surface area (Å²) in [5, 5.41) is 3.35. The van der Waals surface area contributed by atoms with Gasteiger partial charge in [-0.1, -0.05) is 6.07 Å².